The SMILES string of the molecule is [2H]C(C)(C)c1cc[n+](C)c(-c2ccc3c(c2C)Cc2ccccc2-3)c1.[2H]C([2H])([2H])c1c[n+](C)c(-c2ccc3c(c2C)Cc2ccccc2-3)cc1C.[2H]C([2H])([2H])c1c[n+](C)c(-c2ccc3c(c2C)Cc2ccccc2-3)cc1C([2H])(C)C.[2H]C([2H])(c1cc[n+](C)c(-c2ccc3c(c2C)Cc2ccccc2-3)c1)C(C)(C)C. The van der Waals surface area contributed by atoms with Gasteiger partial charge in [-0.3, -0.25) is 0 Å². The van der Waals surface area contributed by atoms with Crippen molar-refractivity contribution in [3.05, 3.63) is 307 Å². The molecule has 12 aromatic rings. The van der Waals surface area contributed by atoms with Crippen LogP contribution in [0.15, 0.2) is 207 Å². The summed E-state index contributed by atoms with van der Waals surface area (Å²) in [6, 6.07) is 64.1. The number of aryl methyl sites for hydroxylation is 7. The lowest BCUT2D eigenvalue weighted by Crippen LogP contribution is -2.32. The second-order valence-corrected chi connectivity index (χ2v) is 29.1. The van der Waals surface area contributed by atoms with Crippen LogP contribution < -0.4 is 18.3 Å². The van der Waals surface area contributed by atoms with Crippen LogP contribution >= 0.6 is 0 Å². The highest BCUT2D eigenvalue weighted by Gasteiger charge is 2.30. The van der Waals surface area contributed by atoms with E-state index in [1.807, 2.05) is 102 Å². The molecular weight excluding hydrogens is 1190 g/mol. The molecule has 492 valence electrons. The zero-order valence-electron chi connectivity index (χ0n) is 70.2. The van der Waals surface area contributed by atoms with Gasteiger partial charge in [-0.2, -0.15) is 0 Å². The predicted octanol–water partition coefficient (Wildman–Crippen LogP) is 21.0. The van der Waals surface area contributed by atoms with Gasteiger partial charge in [0, 0.05) is 83.5 Å². The van der Waals surface area contributed by atoms with Crippen LogP contribution in [0.3, 0.4) is 0 Å². The Morgan fingerprint density at radius 2 is 0.704 bits per heavy atom. The number of pyridine rings is 4. The summed E-state index contributed by atoms with van der Waals surface area (Å²) in [4.78, 5) is 0. The van der Waals surface area contributed by atoms with Crippen molar-refractivity contribution in [3.63, 3.8) is 0 Å². The summed E-state index contributed by atoms with van der Waals surface area (Å²) >= 11 is 0. The van der Waals surface area contributed by atoms with Crippen molar-refractivity contribution in [3.8, 4) is 89.5 Å². The molecule has 4 heterocycles. The number of hydrogen-bond acceptors (Lipinski definition) is 0. The van der Waals surface area contributed by atoms with Gasteiger partial charge in [0.2, 0.25) is 22.8 Å². The molecule has 0 bridgehead atoms. The molecule has 0 atom stereocenters. The Bertz CT molecular complexity index is 5580. The zero-order chi connectivity index (χ0) is 77.8. The summed E-state index contributed by atoms with van der Waals surface area (Å²) in [7, 11) is 7.92. The van der Waals surface area contributed by atoms with Crippen molar-refractivity contribution in [1.82, 2.24) is 0 Å². The Morgan fingerprint density at radius 3 is 1.07 bits per heavy atom. The summed E-state index contributed by atoms with van der Waals surface area (Å²) in [5.74, 6) is -1.60. The lowest BCUT2D eigenvalue weighted by atomic mass is 9.87. The van der Waals surface area contributed by atoms with E-state index in [-0.39, 0.29) is 5.56 Å². The van der Waals surface area contributed by atoms with E-state index in [4.69, 9.17) is 13.7 Å². The van der Waals surface area contributed by atoms with Crippen molar-refractivity contribution in [1.29, 1.82) is 0 Å². The molecule has 0 amide bonds. The molecular formula is C94H100N4+4. The van der Waals surface area contributed by atoms with Crippen molar-refractivity contribution in [2.45, 2.75) is 141 Å². The van der Waals surface area contributed by atoms with Crippen LogP contribution in [-0.4, -0.2) is 0 Å². The van der Waals surface area contributed by atoms with E-state index in [9.17, 15) is 0 Å². The quantitative estimate of drug-likeness (QED) is 0.141. The topological polar surface area (TPSA) is 15.5 Å². The number of hydrogen-bond donors (Lipinski definition) is 0. The largest absolute Gasteiger partial charge is 0.212 e. The highest BCUT2D eigenvalue weighted by atomic mass is 14.9. The standard InChI is InChI=1S/C25H28N.C24H26N.C23H24N.C22H22N/c1-17-20(24-14-18(12-13-26(24)5)16-25(2,3)4)10-11-22-21-9-7-6-8-19(21)15-23(17)22;1-15(2)22-13-24(25(5)14-16(22)3)19-10-11-21-20-9-7-6-8-18(20)12-23(21)17(19)4;1-15(2)17-11-12-24(4)23(14-17)19-9-10-21-20-8-6-5-7-18(20)13-22(21)16(19)3;1-14-11-22(23(4)13-15(14)2)18-9-10-20-19-8-6-5-7-17(19)12-21(20)16(18)3/h6-14H,15-16H2,1-5H3;6-11,13-15H,12H2,1-5H3;5-12,14-15H,13H2,1-4H3;5-11,13H,12H2,1-4H3/q4*+1/i16D2;3D3,15D;15D;2D3. The van der Waals surface area contributed by atoms with Gasteiger partial charge in [-0.25, -0.2) is 18.3 Å². The first kappa shape index (κ1) is 55.4. The number of aromatic nitrogens is 4. The molecule has 8 aromatic carbocycles. The van der Waals surface area contributed by atoms with Gasteiger partial charge in [0.05, 0.1) is 0 Å². The first-order valence-electron chi connectivity index (χ1n) is 39.6. The molecule has 0 saturated heterocycles. The highest BCUT2D eigenvalue weighted by molar-refractivity contribution is 5.86. The number of rotatable bonds is 7. The molecule has 0 N–H and O–H groups in total. The van der Waals surface area contributed by atoms with E-state index in [0.29, 0.717) is 11.1 Å². The Morgan fingerprint density at radius 1 is 0.367 bits per heavy atom. The van der Waals surface area contributed by atoms with Gasteiger partial charge in [-0.15, -0.1) is 0 Å². The van der Waals surface area contributed by atoms with Crippen LogP contribution in [0.5, 0.6) is 0 Å². The van der Waals surface area contributed by atoms with Crippen LogP contribution in [0.25, 0.3) is 89.5 Å². The minimum Gasteiger partial charge on any atom is -0.201 e. The smallest absolute Gasteiger partial charge is 0.201 e. The minimum atomic E-state index is -2.25. The molecule has 4 aromatic heterocycles. The molecule has 0 saturated carbocycles. The molecule has 16 rings (SSSR count). The second kappa shape index (κ2) is 27.0. The molecule has 0 unspecified atom stereocenters. The molecule has 4 aliphatic carbocycles. The van der Waals surface area contributed by atoms with Crippen LogP contribution in [0.4, 0.5) is 0 Å². The maximum Gasteiger partial charge on any atom is 0.212 e. The van der Waals surface area contributed by atoms with Gasteiger partial charge in [0.15, 0.2) is 24.8 Å². The number of fused-ring (bicyclic) bond motifs is 12. The van der Waals surface area contributed by atoms with Crippen molar-refractivity contribution >= 4 is 0 Å². The van der Waals surface area contributed by atoms with Crippen LogP contribution in [0.1, 0.15) is 174 Å². The maximum absolute atomic E-state index is 8.67. The fourth-order valence-electron chi connectivity index (χ4n) is 15.4. The van der Waals surface area contributed by atoms with Crippen molar-refractivity contribution < 1.29 is 32.0 Å². The van der Waals surface area contributed by atoms with Gasteiger partial charge in [-0.05, 0) is 255 Å². The summed E-state index contributed by atoms with van der Waals surface area (Å²) in [6.07, 6.45) is 9.93. The maximum atomic E-state index is 8.67. The highest BCUT2D eigenvalue weighted by Crippen LogP contribution is 2.46. The normalized spacial score (nSPS) is 14.6. The van der Waals surface area contributed by atoms with Crippen LogP contribution in [0, 0.1) is 53.7 Å². The Labute approximate surface area is 599 Å². The molecule has 4 aliphatic rings. The van der Waals surface area contributed by atoms with Crippen LogP contribution in [0.2, 0.25) is 0 Å². The van der Waals surface area contributed by atoms with E-state index in [1.165, 1.54) is 134 Å². The molecule has 4 nitrogen and oxygen atoms in total. The molecule has 0 fully saturated rings. The minimum absolute atomic E-state index is 0.245. The fraction of sp³-hybridized carbons (Fsp3) is 0.277. The van der Waals surface area contributed by atoms with Gasteiger partial charge >= 0.3 is 0 Å². The Hall–Kier alpha value is -9.64. The molecule has 0 aliphatic heterocycles. The monoisotopic (exact) mass is 1290 g/mol. The first-order chi connectivity index (χ1) is 50.7. The Kier molecular flexibility index (Phi) is 15.3. The van der Waals surface area contributed by atoms with E-state index in [0.717, 1.165) is 65.0 Å². The van der Waals surface area contributed by atoms with Crippen molar-refractivity contribution in [2.24, 2.45) is 33.6 Å². The summed E-state index contributed by atoms with van der Waals surface area (Å²) < 4.78 is 89.2. The average molecular weight is 1300 g/mol. The van der Waals surface area contributed by atoms with E-state index in [1.54, 1.807) is 26.2 Å². The fourth-order valence-corrected chi connectivity index (χ4v) is 15.4. The van der Waals surface area contributed by atoms with Crippen LogP contribution in [-0.2, 0) is 60.2 Å². The van der Waals surface area contributed by atoms with Gasteiger partial charge in [0.25, 0.3) is 0 Å². The lowest BCUT2D eigenvalue weighted by molar-refractivity contribution is -0.660. The van der Waals surface area contributed by atoms with Gasteiger partial charge in [0.1, 0.15) is 28.2 Å². The van der Waals surface area contributed by atoms with Gasteiger partial charge in [-0.1, -0.05) is 170 Å². The third-order valence-corrected chi connectivity index (χ3v) is 20.9. The number of nitrogens with zero attached hydrogens (tertiary/aromatic N) is 4. The third-order valence-electron chi connectivity index (χ3n) is 20.9. The summed E-state index contributed by atoms with van der Waals surface area (Å²) in [5.41, 5.74) is 39.1. The van der Waals surface area contributed by atoms with E-state index < -0.39 is 37.3 Å². The molecule has 0 spiro atoms. The Balaban J connectivity index is 0.000000127. The van der Waals surface area contributed by atoms with Crippen molar-refractivity contribution in [2.75, 3.05) is 0 Å². The molecule has 4 heteroatoms. The van der Waals surface area contributed by atoms with E-state index in [2.05, 4.69) is 208 Å². The van der Waals surface area contributed by atoms with E-state index >= 15 is 0 Å². The lowest BCUT2D eigenvalue weighted by Gasteiger charge is -2.18. The summed E-state index contributed by atoms with van der Waals surface area (Å²) in [6.45, 7) is 19.5. The molecule has 98 heavy (non-hydrogen) atoms. The second-order valence-electron chi connectivity index (χ2n) is 29.1. The average Bonchev–Trinajstić information content (AvgIpc) is 1.63. The third kappa shape index (κ3) is 12.8. The molecule has 0 radical (unpaired) electrons. The predicted molar refractivity (Wildman–Crippen MR) is 410 cm³/mol. The number of benzene rings is 8. The first-order valence-corrected chi connectivity index (χ1v) is 34.6. The zero-order valence-corrected chi connectivity index (χ0v) is 60.2. The van der Waals surface area contributed by atoms with Gasteiger partial charge < -0.3 is 0 Å². The summed E-state index contributed by atoms with van der Waals surface area (Å²) in [5, 5.41) is 0.